The average molecular weight is 625 g/mol. The van der Waals surface area contributed by atoms with Crippen LogP contribution in [0.1, 0.15) is 50.7 Å². The molecule has 0 bridgehead atoms. The van der Waals surface area contributed by atoms with Gasteiger partial charge in [0.15, 0.2) is 0 Å². The maximum atomic E-state index is 4.67. The molecule has 0 N–H and O–H groups in total. The maximum absolute atomic E-state index is 4.67. The normalized spacial score (nSPS) is 12.8. The third kappa shape index (κ3) is 4.51. The number of hydrogen-bond donors (Lipinski definition) is 0. The Morgan fingerprint density at radius 1 is 0.794 bits per heavy atom. The van der Waals surface area contributed by atoms with Gasteiger partial charge in [0.25, 0.3) is 0 Å². The summed E-state index contributed by atoms with van der Waals surface area (Å²) in [5.74, 6) is 2.52. The van der Waals surface area contributed by atoms with Crippen LogP contribution in [0.25, 0.3) is 11.1 Å². The van der Waals surface area contributed by atoms with E-state index in [1.807, 2.05) is 0 Å². The molecule has 34 heavy (non-hydrogen) atoms. The molecule has 1 radical (unpaired) electrons. The summed E-state index contributed by atoms with van der Waals surface area (Å²) in [6.07, 6.45) is 3.48. The molecular formula is C29H28IrN4-2. The van der Waals surface area contributed by atoms with Crippen LogP contribution in [-0.4, -0.2) is 9.97 Å². The van der Waals surface area contributed by atoms with Gasteiger partial charge in [-0.05, 0) is 29.2 Å². The third-order valence-electron chi connectivity index (χ3n) is 6.12. The standard InChI is InChI=1S/C29H28N4.Ir/c1-20(2)22-10-12-24(13-11-22)32-19-33(29-28(32)30-16-17-31-29)25-14-15-26(21(3)4)27(18-25)23-8-6-5-7-9-23;/h5-13,15-21H,1-4H3;/q-2;. The zero-order chi connectivity index (χ0) is 22.9. The Kier molecular flexibility index (Phi) is 7.16. The molecule has 1 aromatic heterocycles. The molecule has 0 saturated heterocycles. The predicted octanol–water partition coefficient (Wildman–Crippen LogP) is 7.60. The molecule has 4 aromatic rings. The molecule has 1 aliphatic rings. The van der Waals surface area contributed by atoms with Crippen molar-refractivity contribution in [3.8, 4) is 11.1 Å². The van der Waals surface area contributed by atoms with Gasteiger partial charge in [0, 0.05) is 38.2 Å². The summed E-state index contributed by atoms with van der Waals surface area (Å²) in [7, 11) is 0. The van der Waals surface area contributed by atoms with E-state index in [2.05, 4.69) is 127 Å². The molecule has 0 saturated carbocycles. The Morgan fingerprint density at radius 2 is 1.44 bits per heavy atom. The number of aromatic nitrogens is 2. The van der Waals surface area contributed by atoms with Gasteiger partial charge in [0.05, 0.1) is 0 Å². The van der Waals surface area contributed by atoms with Crippen LogP contribution in [0.2, 0.25) is 0 Å². The molecule has 4 nitrogen and oxygen atoms in total. The van der Waals surface area contributed by atoms with Crippen LogP contribution in [-0.2, 0) is 20.1 Å². The van der Waals surface area contributed by atoms with Gasteiger partial charge in [0.2, 0.25) is 0 Å². The van der Waals surface area contributed by atoms with E-state index in [4.69, 9.17) is 0 Å². The molecule has 0 fully saturated rings. The van der Waals surface area contributed by atoms with Crippen molar-refractivity contribution in [2.24, 2.45) is 0 Å². The van der Waals surface area contributed by atoms with Crippen LogP contribution in [0.3, 0.4) is 0 Å². The Labute approximate surface area is 216 Å². The van der Waals surface area contributed by atoms with Gasteiger partial charge in [-0.3, -0.25) is 0 Å². The van der Waals surface area contributed by atoms with Gasteiger partial charge in [-0.15, -0.1) is 29.5 Å². The van der Waals surface area contributed by atoms with Crippen molar-refractivity contribution in [2.75, 3.05) is 9.80 Å². The number of anilines is 4. The predicted molar refractivity (Wildman–Crippen MR) is 136 cm³/mol. The van der Waals surface area contributed by atoms with E-state index in [1.165, 1.54) is 22.3 Å². The second-order valence-corrected chi connectivity index (χ2v) is 9.01. The Hall–Kier alpha value is -3.01. The van der Waals surface area contributed by atoms with E-state index >= 15 is 0 Å². The van der Waals surface area contributed by atoms with Gasteiger partial charge >= 0.3 is 0 Å². The first-order valence-corrected chi connectivity index (χ1v) is 11.5. The zero-order valence-corrected chi connectivity index (χ0v) is 22.3. The smallest absolute Gasteiger partial charge is 0.145 e. The maximum Gasteiger partial charge on any atom is 0.145 e. The monoisotopic (exact) mass is 625 g/mol. The van der Waals surface area contributed by atoms with Crippen LogP contribution in [0, 0.1) is 12.7 Å². The van der Waals surface area contributed by atoms with Gasteiger partial charge < -0.3 is 9.80 Å². The fourth-order valence-corrected chi connectivity index (χ4v) is 4.25. The second-order valence-electron chi connectivity index (χ2n) is 9.01. The van der Waals surface area contributed by atoms with Gasteiger partial charge in [-0.25, -0.2) is 9.97 Å². The van der Waals surface area contributed by atoms with Crippen molar-refractivity contribution in [1.29, 1.82) is 0 Å². The molecule has 0 unspecified atom stereocenters. The summed E-state index contributed by atoms with van der Waals surface area (Å²) in [6, 6.07) is 27.0. The van der Waals surface area contributed by atoms with E-state index < -0.39 is 0 Å². The fraction of sp³-hybridized carbons (Fsp3) is 0.207. The van der Waals surface area contributed by atoms with E-state index in [0.29, 0.717) is 11.8 Å². The minimum Gasteiger partial charge on any atom is -0.477 e. The van der Waals surface area contributed by atoms with E-state index in [9.17, 15) is 0 Å². The number of rotatable bonds is 5. The van der Waals surface area contributed by atoms with Crippen LogP contribution in [0.4, 0.5) is 23.0 Å². The number of nitrogens with zero attached hydrogens (tertiary/aromatic N) is 4. The molecule has 2 heterocycles. The molecular weight excluding hydrogens is 597 g/mol. The van der Waals surface area contributed by atoms with Crippen LogP contribution < -0.4 is 9.80 Å². The summed E-state index contributed by atoms with van der Waals surface area (Å²) in [5, 5.41) is 0. The zero-order valence-electron chi connectivity index (χ0n) is 19.9. The largest absolute Gasteiger partial charge is 0.477 e. The SMILES string of the molecule is CC(C)c1ccc(N2[CH-]N(c3[c-]cc(C(C)C)c(-c4ccccc4)c3)c3nccnc32)cc1.[Ir]. The number of hydrogen-bond acceptors (Lipinski definition) is 4. The molecule has 0 amide bonds. The van der Waals surface area contributed by atoms with Crippen LogP contribution in [0.5, 0.6) is 0 Å². The Bertz CT molecular complexity index is 1250. The summed E-state index contributed by atoms with van der Waals surface area (Å²) in [6.45, 7) is 10.9. The summed E-state index contributed by atoms with van der Waals surface area (Å²) < 4.78 is 0. The first-order valence-electron chi connectivity index (χ1n) is 11.5. The summed E-state index contributed by atoms with van der Waals surface area (Å²) >= 11 is 0. The van der Waals surface area contributed by atoms with Gasteiger partial charge in [-0.1, -0.05) is 76.1 Å². The van der Waals surface area contributed by atoms with Crippen molar-refractivity contribution in [2.45, 2.75) is 39.5 Å². The Morgan fingerprint density at radius 3 is 2.06 bits per heavy atom. The minimum atomic E-state index is 0. The van der Waals surface area contributed by atoms with Crippen molar-refractivity contribution in [3.63, 3.8) is 0 Å². The first kappa shape index (κ1) is 24.1. The molecule has 0 aliphatic carbocycles. The summed E-state index contributed by atoms with van der Waals surface area (Å²) in [4.78, 5) is 13.5. The van der Waals surface area contributed by atoms with E-state index in [0.717, 1.165) is 23.0 Å². The van der Waals surface area contributed by atoms with Crippen LogP contribution in [0.15, 0.2) is 79.1 Å². The molecule has 175 valence electrons. The molecule has 5 heteroatoms. The average Bonchev–Trinajstić information content (AvgIpc) is 3.24. The molecule has 0 atom stereocenters. The number of fused-ring (bicyclic) bond motifs is 1. The van der Waals surface area contributed by atoms with Crippen LogP contribution >= 0.6 is 0 Å². The topological polar surface area (TPSA) is 32.3 Å². The van der Waals surface area contributed by atoms with E-state index in [-0.39, 0.29) is 20.1 Å². The van der Waals surface area contributed by atoms with Crippen molar-refractivity contribution in [1.82, 2.24) is 9.97 Å². The second kappa shape index (κ2) is 10.1. The summed E-state index contributed by atoms with van der Waals surface area (Å²) in [5.41, 5.74) is 7.03. The molecule has 5 rings (SSSR count). The van der Waals surface area contributed by atoms with Gasteiger partial charge in [0.1, 0.15) is 11.6 Å². The third-order valence-corrected chi connectivity index (χ3v) is 6.12. The fourth-order valence-electron chi connectivity index (χ4n) is 4.25. The quantitative estimate of drug-likeness (QED) is 0.214. The van der Waals surface area contributed by atoms with Crippen molar-refractivity contribution < 1.29 is 20.1 Å². The number of benzene rings is 3. The molecule has 0 spiro atoms. The van der Waals surface area contributed by atoms with Crippen molar-refractivity contribution in [3.05, 3.63) is 103 Å². The Balaban J connectivity index is 0.00000274. The van der Waals surface area contributed by atoms with Gasteiger partial charge in [-0.2, -0.15) is 12.1 Å². The minimum absolute atomic E-state index is 0. The van der Waals surface area contributed by atoms with E-state index in [1.54, 1.807) is 12.4 Å². The van der Waals surface area contributed by atoms with Crippen molar-refractivity contribution >= 4 is 23.0 Å². The molecule has 1 aliphatic heterocycles. The molecule has 3 aromatic carbocycles. The first-order chi connectivity index (χ1) is 16.0.